The number of anilines is 1. The monoisotopic (exact) mass is 319 g/mol. The van der Waals surface area contributed by atoms with E-state index in [0.717, 1.165) is 25.1 Å². The molecule has 0 bridgehead atoms. The van der Waals surface area contributed by atoms with Crippen molar-refractivity contribution in [1.29, 1.82) is 0 Å². The molecule has 23 heavy (non-hydrogen) atoms. The molecule has 1 aromatic carbocycles. The van der Waals surface area contributed by atoms with Gasteiger partial charge in [0.15, 0.2) is 0 Å². The molecule has 1 aliphatic rings. The molecular weight excluding hydrogens is 301 g/mol. The van der Waals surface area contributed by atoms with Crippen LogP contribution in [0.3, 0.4) is 0 Å². The summed E-state index contributed by atoms with van der Waals surface area (Å²) in [5.74, 6) is -0.507. The molecule has 0 radical (unpaired) electrons. The van der Waals surface area contributed by atoms with Gasteiger partial charge in [0.2, 0.25) is 5.91 Å². The van der Waals surface area contributed by atoms with Gasteiger partial charge in [-0.15, -0.1) is 0 Å². The van der Waals surface area contributed by atoms with Crippen LogP contribution in [0.1, 0.15) is 12.8 Å². The van der Waals surface area contributed by atoms with E-state index in [-0.39, 0.29) is 24.3 Å². The van der Waals surface area contributed by atoms with E-state index in [1.165, 1.54) is 23.0 Å². The molecule has 0 saturated carbocycles. The summed E-state index contributed by atoms with van der Waals surface area (Å²) >= 11 is 0. The number of hydrogen-bond acceptors (Lipinski definition) is 4. The van der Waals surface area contributed by atoms with Crippen LogP contribution in [-0.2, 0) is 11.3 Å². The van der Waals surface area contributed by atoms with Crippen LogP contribution in [0.2, 0.25) is 0 Å². The number of aromatic amines is 1. The summed E-state index contributed by atoms with van der Waals surface area (Å²) in [7, 11) is 0. The van der Waals surface area contributed by atoms with E-state index in [4.69, 9.17) is 0 Å². The van der Waals surface area contributed by atoms with Crippen LogP contribution in [0.25, 0.3) is 0 Å². The van der Waals surface area contributed by atoms with E-state index >= 15 is 0 Å². The van der Waals surface area contributed by atoms with Crippen LogP contribution < -0.4 is 15.9 Å². The first kappa shape index (κ1) is 15.3. The molecule has 1 aliphatic heterocycles. The number of carbonyl (C=O) groups is 1. The van der Waals surface area contributed by atoms with E-state index in [0.29, 0.717) is 6.54 Å². The molecular formula is C15H18FN5O2. The number of halogens is 1. The molecule has 1 amide bonds. The topological polar surface area (TPSA) is 83.0 Å². The van der Waals surface area contributed by atoms with Crippen LogP contribution in [0.5, 0.6) is 0 Å². The van der Waals surface area contributed by atoms with Gasteiger partial charge in [0.05, 0.1) is 0 Å². The van der Waals surface area contributed by atoms with Gasteiger partial charge in [-0.3, -0.25) is 9.36 Å². The number of H-pyrrole nitrogens is 1. The molecule has 2 N–H and O–H groups in total. The van der Waals surface area contributed by atoms with E-state index in [1.807, 2.05) is 6.07 Å². The Hall–Kier alpha value is -2.64. The van der Waals surface area contributed by atoms with Crippen LogP contribution in [0.15, 0.2) is 35.4 Å². The minimum Gasteiger partial charge on any atom is -0.369 e. The van der Waals surface area contributed by atoms with Crippen molar-refractivity contribution in [1.82, 2.24) is 20.1 Å². The molecule has 1 atom stereocenters. The second-order valence-corrected chi connectivity index (χ2v) is 5.62. The second-order valence-electron chi connectivity index (χ2n) is 5.62. The fraction of sp³-hybridized carbons (Fsp3) is 0.400. The minimum absolute atomic E-state index is 0.0258. The third kappa shape index (κ3) is 3.77. The van der Waals surface area contributed by atoms with Crippen molar-refractivity contribution in [2.75, 3.05) is 18.0 Å². The fourth-order valence-corrected chi connectivity index (χ4v) is 2.81. The maximum atomic E-state index is 13.3. The zero-order chi connectivity index (χ0) is 16.2. The van der Waals surface area contributed by atoms with Crippen LogP contribution >= 0.6 is 0 Å². The highest BCUT2D eigenvalue weighted by Crippen LogP contribution is 2.20. The largest absolute Gasteiger partial charge is 0.369 e. The highest BCUT2D eigenvalue weighted by atomic mass is 19.1. The Morgan fingerprint density at radius 1 is 1.48 bits per heavy atom. The van der Waals surface area contributed by atoms with Gasteiger partial charge in [0.1, 0.15) is 18.7 Å². The zero-order valence-electron chi connectivity index (χ0n) is 12.5. The van der Waals surface area contributed by atoms with Gasteiger partial charge in [0.25, 0.3) is 0 Å². The SMILES string of the molecule is O=C(Cn1cn[nH]c1=O)N[C@H]1CCCN(c2cccc(F)c2)C1. The number of hydrogen-bond donors (Lipinski definition) is 2. The molecule has 0 unspecified atom stereocenters. The number of nitrogens with one attached hydrogen (secondary N) is 2. The van der Waals surface area contributed by atoms with Gasteiger partial charge in [-0.1, -0.05) is 6.07 Å². The Balaban J connectivity index is 1.59. The highest BCUT2D eigenvalue weighted by molar-refractivity contribution is 5.76. The van der Waals surface area contributed by atoms with Crippen LogP contribution in [-0.4, -0.2) is 39.8 Å². The maximum Gasteiger partial charge on any atom is 0.343 e. The molecule has 7 nitrogen and oxygen atoms in total. The Labute approximate surface area is 132 Å². The molecule has 0 aliphatic carbocycles. The lowest BCUT2D eigenvalue weighted by Gasteiger charge is -2.34. The average molecular weight is 319 g/mol. The molecule has 0 spiro atoms. The number of amides is 1. The normalized spacial score (nSPS) is 18.0. The Morgan fingerprint density at radius 2 is 2.35 bits per heavy atom. The number of piperidine rings is 1. The lowest BCUT2D eigenvalue weighted by molar-refractivity contribution is -0.122. The van der Waals surface area contributed by atoms with E-state index < -0.39 is 5.69 Å². The van der Waals surface area contributed by atoms with Crippen molar-refractivity contribution < 1.29 is 9.18 Å². The third-order valence-electron chi connectivity index (χ3n) is 3.89. The smallest absolute Gasteiger partial charge is 0.343 e. The van der Waals surface area contributed by atoms with Crippen LogP contribution in [0.4, 0.5) is 10.1 Å². The molecule has 2 aromatic rings. The Bertz CT molecular complexity index is 741. The van der Waals surface area contributed by atoms with E-state index in [1.54, 1.807) is 6.07 Å². The Morgan fingerprint density at radius 3 is 3.09 bits per heavy atom. The number of benzene rings is 1. The first-order valence-electron chi connectivity index (χ1n) is 7.51. The van der Waals surface area contributed by atoms with Gasteiger partial charge < -0.3 is 10.2 Å². The predicted molar refractivity (Wildman–Crippen MR) is 82.6 cm³/mol. The van der Waals surface area contributed by atoms with Crippen LogP contribution in [0, 0.1) is 5.82 Å². The lowest BCUT2D eigenvalue weighted by atomic mass is 10.0. The van der Waals surface area contributed by atoms with Crippen molar-refractivity contribution in [3.63, 3.8) is 0 Å². The van der Waals surface area contributed by atoms with Crippen molar-refractivity contribution in [3.8, 4) is 0 Å². The summed E-state index contributed by atoms with van der Waals surface area (Å²) in [6, 6.07) is 6.42. The molecule has 1 saturated heterocycles. The van der Waals surface area contributed by atoms with E-state index in [2.05, 4.69) is 20.4 Å². The first-order valence-corrected chi connectivity index (χ1v) is 7.51. The second kappa shape index (κ2) is 6.64. The number of rotatable bonds is 4. The summed E-state index contributed by atoms with van der Waals surface area (Å²) in [5, 5.41) is 8.75. The fourth-order valence-electron chi connectivity index (χ4n) is 2.81. The van der Waals surface area contributed by atoms with Crippen molar-refractivity contribution in [3.05, 3.63) is 46.9 Å². The summed E-state index contributed by atoms with van der Waals surface area (Å²) in [5.41, 5.74) is 0.403. The minimum atomic E-state index is -0.412. The first-order chi connectivity index (χ1) is 11.1. The number of carbonyl (C=O) groups excluding carboxylic acids is 1. The van der Waals surface area contributed by atoms with Crippen molar-refractivity contribution in [2.45, 2.75) is 25.4 Å². The summed E-state index contributed by atoms with van der Waals surface area (Å²) in [6.07, 6.45) is 3.06. The quantitative estimate of drug-likeness (QED) is 0.859. The lowest BCUT2D eigenvalue weighted by Crippen LogP contribution is -2.48. The summed E-state index contributed by atoms with van der Waals surface area (Å²) in [4.78, 5) is 25.4. The molecule has 1 fully saturated rings. The van der Waals surface area contributed by atoms with Gasteiger partial charge in [-0.2, -0.15) is 5.10 Å². The molecule has 1 aromatic heterocycles. The van der Waals surface area contributed by atoms with Crippen molar-refractivity contribution >= 4 is 11.6 Å². The third-order valence-corrected chi connectivity index (χ3v) is 3.89. The van der Waals surface area contributed by atoms with Gasteiger partial charge in [-0.25, -0.2) is 14.3 Å². The molecule has 122 valence electrons. The standard InChI is InChI=1S/C15H18FN5O2/c16-11-3-1-5-13(7-11)20-6-2-4-12(8-20)18-14(22)9-21-10-17-19-15(21)23/h1,3,5,7,10,12H,2,4,6,8-9H2,(H,18,22)(H,19,23)/t12-/m0/s1. The average Bonchev–Trinajstić information content (AvgIpc) is 2.92. The number of aromatic nitrogens is 3. The van der Waals surface area contributed by atoms with E-state index in [9.17, 15) is 14.0 Å². The van der Waals surface area contributed by atoms with Gasteiger partial charge >= 0.3 is 5.69 Å². The van der Waals surface area contributed by atoms with Gasteiger partial charge in [0, 0.05) is 24.8 Å². The number of nitrogens with zero attached hydrogens (tertiary/aromatic N) is 3. The summed E-state index contributed by atoms with van der Waals surface area (Å²) in [6.45, 7) is 1.39. The molecule has 8 heteroatoms. The zero-order valence-corrected chi connectivity index (χ0v) is 12.5. The maximum absolute atomic E-state index is 13.3. The Kier molecular flexibility index (Phi) is 4.40. The van der Waals surface area contributed by atoms with Crippen molar-refractivity contribution in [2.24, 2.45) is 0 Å². The highest BCUT2D eigenvalue weighted by Gasteiger charge is 2.22. The van der Waals surface area contributed by atoms with Gasteiger partial charge in [-0.05, 0) is 31.0 Å². The summed E-state index contributed by atoms with van der Waals surface area (Å²) < 4.78 is 14.6. The molecule has 2 heterocycles. The predicted octanol–water partition coefficient (Wildman–Crippen LogP) is 0.496. The molecule has 3 rings (SSSR count).